The third kappa shape index (κ3) is 4.47. The Hall–Kier alpha value is -0.790. The topological polar surface area (TPSA) is 82.1 Å². The number of aliphatic hydroxyl groups is 1. The summed E-state index contributed by atoms with van der Waals surface area (Å²) in [5, 5.41) is 9.61. The van der Waals surface area contributed by atoms with Crippen molar-refractivity contribution in [3.05, 3.63) is 0 Å². The summed E-state index contributed by atoms with van der Waals surface area (Å²) in [6, 6.07) is 0. The van der Waals surface area contributed by atoms with Gasteiger partial charge in [-0.25, -0.2) is 0 Å². The fourth-order valence-electron chi connectivity index (χ4n) is 1.82. The fraction of sp³-hybridized carbons (Fsp3) is 0.818. The third-order valence-corrected chi connectivity index (χ3v) is 3.14. The smallest absolute Gasteiger partial charge is 0.303 e. The van der Waals surface area contributed by atoms with Gasteiger partial charge in [-0.1, -0.05) is 0 Å². The van der Waals surface area contributed by atoms with E-state index in [4.69, 9.17) is 14.2 Å². The molecule has 0 aromatic carbocycles. The van der Waals surface area contributed by atoms with E-state index in [1.54, 1.807) is 0 Å². The van der Waals surface area contributed by atoms with Crippen LogP contribution in [0.4, 0.5) is 0 Å². The molecule has 0 aromatic heterocycles. The maximum atomic E-state index is 11.0. The molecule has 104 valence electrons. The number of hydrogen-bond donors (Lipinski definition) is 1. The van der Waals surface area contributed by atoms with Crippen LogP contribution < -0.4 is 0 Å². The summed E-state index contributed by atoms with van der Waals surface area (Å²) in [5.74, 6) is -0.315. The first-order chi connectivity index (χ1) is 8.43. The molecular weight excluding hydrogens is 260 g/mol. The van der Waals surface area contributed by atoms with Crippen LogP contribution in [0.5, 0.6) is 0 Å². The van der Waals surface area contributed by atoms with Gasteiger partial charge in [-0.3, -0.25) is 9.59 Å². The SMILES string of the molecule is CSC[C@H](OC(C)=O)[C@@H]1C[C@@H](OC(C)=O)C(O)O1. The van der Waals surface area contributed by atoms with E-state index in [0.29, 0.717) is 12.2 Å². The van der Waals surface area contributed by atoms with Gasteiger partial charge in [-0.05, 0) is 6.26 Å². The number of carbonyl (C=O) groups is 2. The number of esters is 2. The highest BCUT2D eigenvalue weighted by Gasteiger charge is 2.41. The highest BCUT2D eigenvalue weighted by Crippen LogP contribution is 2.26. The molecule has 1 heterocycles. The predicted molar refractivity (Wildman–Crippen MR) is 65.0 cm³/mol. The minimum Gasteiger partial charge on any atom is -0.459 e. The van der Waals surface area contributed by atoms with Crippen molar-refractivity contribution in [2.45, 2.75) is 44.9 Å². The van der Waals surface area contributed by atoms with Crippen LogP contribution in [0.15, 0.2) is 0 Å². The monoisotopic (exact) mass is 278 g/mol. The molecule has 1 aliphatic rings. The van der Waals surface area contributed by atoms with Crippen molar-refractivity contribution in [1.82, 2.24) is 0 Å². The minimum atomic E-state index is -1.17. The number of aliphatic hydroxyl groups excluding tert-OH is 1. The summed E-state index contributed by atoms with van der Waals surface area (Å²) in [6.45, 7) is 2.59. The third-order valence-electron chi connectivity index (χ3n) is 2.48. The molecule has 1 N–H and O–H groups in total. The van der Waals surface area contributed by atoms with Crippen LogP contribution in [-0.2, 0) is 23.8 Å². The van der Waals surface area contributed by atoms with E-state index in [0.717, 1.165) is 0 Å². The second-order valence-corrected chi connectivity index (χ2v) is 4.96. The summed E-state index contributed by atoms with van der Waals surface area (Å²) < 4.78 is 15.3. The Kier molecular flexibility index (Phi) is 5.90. The molecular formula is C11H18O6S. The molecule has 0 spiro atoms. The summed E-state index contributed by atoms with van der Waals surface area (Å²) in [4.78, 5) is 21.8. The zero-order chi connectivity index (χ0) is 13.7. The summed E-state index contributed by atoms with van der Waals surface area (Å²) in [5.41, 5.74) is 0. The van der Waals surface area contributed by atoms with Crippen molar-refractivity contribution in [3.63, 3.8) is 0 Å². The van der Waals surface area contributed by atoms with E-state index in [1.807, 2.05) is 6.26 Å². The van der Waals surface area contributed by atoms with Crippen LogP contribution in [0.2, 0.25) is 0 Å². The lowest BCUT2D eigenvalue weighted by Gasteiger charge is -2.21. The van der Waals surface area contributed by atoms with Crippen LogP contribution in [0.1, 0.15) is 20.3 Å². The van der Waals surface area contributed by atoms with Crippen LogP contribution in [-0.4, -0.2) is 53.7 Å². The maximum absolute atomic E-state index is 11.0. The van der Waals surface area contributed by atoms with Gasteiger partial charge in [0.05, 0.1) is 0 Å². The van der Waals surface area contributed by atoms with Gasteiger partial charge in [0.25, 0.3) is 0 Å². The Bertz CT molecular complexity index is 308. The van der Waals surface area contributed by atoms with E-state index in [-0.39, 0.29) is 0 Å². The summed E-state index contributed by atoms with van der Waals surface area (Å²) >= 11 is 1.51. The summed E-state index contributed by atoms with van der Waals surface area (Å²) in [6.07, 6.45) is -0.579. The first kappa shape index (κ1) is 15.3. The van der Waals surface area contributed by atoms with Gasteiger partial charge in [0.15, 0.2) is 12.4 Å². The van der Waals surface area contributed by atoms with Crippen molar-refractivity contribution < 1.29 is 28.9 Å². The lowest BCUT2D eigenvalue weighted by molar-refractivity contribution is -0.176. The normalized spacial score (nSPS) is 28.8. The molecule has 1 fully saturated rings. The lowest BCUT2D eigenvalue weighted by Crippen LogP contribution is -2.33. The first-order valence-corrected chi connectivity index (χ1v) is 7.00. The zero-order valence-corrected chi connectivity index (χ0v) is 11.4. The molecule has 0 radical (unpaired) electrons. The van der Waals surface area contributed by atoms with E-state index < -0.39 is 36.5 Å². The number of thioether (sulfide) groups is 1. The molecule has 0 aliphatic carbocycles. The van der Waals surface area contributed by atoms with Crippen molar-refractivity contribution >= 4 is 23.7 Å². The zero-order valence-electron chi connectivity index (χ0n) is 10.6. The molecule has 18 heavy (non-hydrogen) atoms. The van der Waals surface area contributed by atoms with Crippen LogP contribution in [0.3, 0.4) is 0 Å². The largest absolute Gasteiger partial charge is 0.459 e. The quantitative estimate of drug-likeness (QED) is 0.725. The van der Waals surface area contributed by atoms with Crippen molar-refractivity contribution in [2.75, 3.05) is 12.0 Å². The fourth-order valence-corrected chi connectivity index (χ4v) is 2.43. The van der Waals surface area contributed by atoms with Gasteiger partial charge in [0.2, 0.25) is 0 Å². The lowest BCUT2D eigenvalue weighted by atomic mass is 10.1. The van der Waals surface area contributed by atoms with E-state index in [9.17, 15) is 14.7 Å². The van der Waals surface area contributed by atoms with Crippen molar-refractivity contribution in [2.24, 2.45) is 0 Å². The average Bonchev–Trinajstić information content (AvgIpc) is 2.58. The first-order valence-electron chi connectivity index (χ1n) is 5.61. The van der Waals surface area contributed by atoms with Crippen LogP contribution in [0, 0.1) is 0 Å². The highest BCUT2D eigenvalue weighted by atomic mass is 32.2. The highest BCUT2D eigenvalue weighted by molar-refractivity contribution is 7.98. The standard InChI is InChI=1S/C11H18O6S/c1-6(12)15-9-4-8(17-11(9)14)10(5-18-3)16-7(2)13/h8-11,14H,4-5H2,1-3H3/t8-,9+,10-,11?/m0/s1. The van der Waals surface area contributed by atoms with Crippen molar-refractivity contribution in [3.8, 4) is 0 Å². The predicted octanol–water partition coefficient (Wildman–Crippen LogP) is 0.320. The van der Waals surface area contributed by atoms with Crippen LogP contribution in [0.25, 0.3) is 0 Å². The number of rotatable bonds is 5. The Labute approximate surface area is 110 Å². The Morgan fingerprint density at radius 1 is 1.44 bits per heavy atom. The molecule has 4 atom stereocenters. The second-order valence-electron chi connectivity index (χ2n) is 4.05. The van der Waals surface area contributed by atoms with E-state index in [1.165, 1.54) is 25.6 Å². The average molecular weight is 278 g/mol. The number of ether oxygens (including phenoxy) is 3. The van der Waals surface area contributed by atoms with Crippen molar-refractivity contribution in [1.29, 1.82) is 0 Å². The molecule has 6 nitrogen and oxygen atoms in total. The van der Waals surface area contributed by atoms with Gasteiger partial charge >= 0.3 is 11.9 Å². The molecule has 1 aliphatic heterocycles. The van der Waals surface area contributed by atoms with Gasteiger partial charge in [0.1, 0.15) is 12.2 Å². The summed E-state index contributed by atoms with van der Waals surface area (Å²) in [7, 11) is 0. The molecule has 1 saturated heterocycles. The minimum absolute atomic E-state index is 0.319. The Morgan fingerprint density at radius 3 is 2.61 bits per heavy atom. The molecule has 0 aromatic rings. The van der Waals surface area contributed by atoms with Gasteiger partial charge in [-0.15, -0.1) is 0 Å². The molecule has 1 rings (SSSR count). The maximum Gasteiger partial charge on any atom is 0.303 e. The van der Waals surface area contributed by atoms with E-state index >= 15 is 0 Å². The second kappa shape index (κ2) is 6.96. The molecule has 0 amide bonds. The molecule has 0 bridgehead atoms. The Balaban J connectivity index is 2.59. The van der Waals surface area contributed by atoms with E-state index in [2.05, 4.69) is 0 Å². The van der Waals surface area contributed by atoms with Crippen LogP contribution >= 0.6 is 11.8 Å². The number of hydrogen-bond acceptors (Lipinski definition) is 7. The molecule has 0 saturated carbocycles. The van der Waals surface area contributed by atoms with Gasteiger partial charge in [-0.2, -0.15) is 11.8 Å². The number of carbonyl (C=O) groups excluding carboxylic acids is 2. The molecule has 7 heteroatoms. The van der Waals surface area contributed by atoms with Gasteiger partial charge in [0, 0.05) is 26.0 Å². The van der Waals surface area contributed by atoms with Gasteiger partial charge < -0.3 is 19.3 Å². The Morgan fingerprint density at radius 2 is 2.11 bits per heavy atom. The molecule has 1 unspecified atom stereocenters.